The van der Waals surface area contributed by atoms with Gasteiger partial charge in [0, 0.05) is 30.4 Å². The van der Waals surface area contributed by atoms with Crippen molar-refractivity contribution in [3.63, 3.8) is 0 Å². The van der Waals surface area contributed by atoms with E-state index in [4.69, 9.17) is 5.26 Å². The van der Waals surface area contributed by atoms with Crippen LogP contribution in [-0.2, 0) is 26.1 Å². The van der Waals surface area contributed by atoms with Crippen molar-refractivity contribution in [3.8, 4) is 17.5 Å². The molecule has 0 aliphatic heterocycles. The fourth-order valence-electron chi connectivity index (χ4n) is 3.65. The highest BCUT2D eigenvalue weighted by atomic mass is 19.4. The second-order valence-corrected chi connectivity index (χ2v) is 7.11. The van der Waals surface area contributed by atoms with Gasteiger partial charge in [0.2, 0.25) is 0 Å². The Hall–Kier alpha value is -3.87. The van der Waals surface area contributed by atoms with E-state index in [1.165, 1.54) is 0 Å². The molecule has 0 saturated carbocycles. The number of hydrogen-bond acceptors (Lipinski definition) is 5. The summed E-state index contributed by atoms with van der Waals surface area (Å²) >= 11 is 0. The summed E-state index contributed by atoms with van der Waals surface area (Å²) < 4.78 is 41.6. The van der Waals surface area contributed by atoms with Gasteiger partial charge in [-0.1, -0.05) is 0 Å². The molecule has 1 aromatic carbocycles. The summed E-state index contributed by atoms with van der Waals surface area (Å²) in [4.78, 5) is 3.88. The number of rotatable bonds is 1. The maximum atomic E-state index is 12.7. The van der Waals surface area contributed by atoms with Crippen LogP contribution in [0.25, 0.3) is 16.6 Å². The Morgan fingerprint density at radius 3 is 2.61 bits per heavy atom. The van der Waals surface area contributed by atoms with E-state index in [0.717, 1.165) is 22.8 Å². The van der Waals surface area contributed by atoms with Gasteiger partial charge in [-0.05, 0) is 37.0 Å². The number of alkyl halides is 3. The molecule has 0 unspecified atom stereocenters. The molecule has 0 saturated heterocycles. The second kappa shape index (κ2) is 7.75. The summed E-state index contributed by atoms with van der Waals surface area (Å²) in [7, 11) is 1.85. The smallest absolute Gasteiger partial charge is 0.418 e. The molecular weight excluding hydrogens is 409 g/mol. The summed E-state index contributed by atoms with van der Waals surface area (Å²) in [6, 6.07) is 6.73. The van der Waals surface area contributed by atoms with Crippen molar-refractivity contribution >= 4 is 10.9 Å². The second-order valence-electron chi connectivity index (χ2n) is 7.11. The lowest BCUT2D eigenvalue weighted by molar-refractivity contribution is -0.138. The molecule has 5 rings (SSSR count). The lowest BCUT2D eigenvalue weighted by Crippen LogP contribution is -2.12. The van der Waals surface area contributed by atoms with Crippen LogP contribution in [0.5, 0.6) is 5.75 Å². The molecule has 0 atom stereocenters. The number of aryl methyl sites for hydroxylation is 2. The molecule has 0 bridgehead atoms. The maximum absolute atomic E-state index is 12.7. The van der Waals surface area contributed by atoms with E-state index in [9.17, 15) is 18.3 Å². The third-order valence-electron chi connectivity index (χ3n) is 5.00. The number of fused-ring (bicyclic) bond motifs is 2. The van der Waals surface area contributed by atoms with Gasteiger partial charge in [0.1, 0.15) is 17.5 Å². The van der Waals surface area contributed by atoms with Crippen molar-refractivity contribution in [2.24, 2.45) is 7.05 Å². The minimum atomic E-state index is -4.46. The number of nitrogens with zero attached hydrogens (tertiary/aromatic N) is 6. The van der Waals surface area contributed by atoms with Gasteiger partial charge in [-0.2, -0.15) is 28.6 Å². The lowest BCUT2D eigenvalue weighted by Gasteiger charge is -2.12. The third kappa shape index (κ3) is 3.94. The van der Waals surface area contributed by atoms with Crippen LogP contribution in [0.2, 0.25) is 0 Å². The number of hydrogen-bond donors (Lipinski definition) is 1. The zero-order valence-electron chi connectivity index (χ0n) is 16.4. The Labute approximate surface area is 175 Å². The molecule has 0 radical (unpaired) electrons. The highest BCUT2D eigenvalue weighted by Crippen LogP contribution is 2.38. The quantitative estimate of drug-likeness (QED) is 0.498. The van der Waals surface area contributed by atoms with E-state index in [1.54, 1.807) is 40.0 Å². The SMILES string of the molecule is Cn1cc(-n2ncc3ccc(O)cc32)cn1.N#Cc1cnc2c(c1C(F)(F)F)CCC2. The molecule has 0 fully saturated rings. The first-order valence-electron chi connectivity index (χ1n) is 9.41. The van der Waals surface area contributed by atoms with Crippen LogP contribution in [0.1, 0.15) is 28.8 Å². The molecule has 0 spiro atoms. The van der Waals surface area contributed by atoms with Crippen LogP contribution in [0.15, 0.2) is 43.0 Å². The zero-order chi connectivity index (χ0) is 22.2. The van der Waals surface area contributed by atoms with Gasteiger partial charge in [-0.3, -0.25) is 9.67 Å². The molecule has 31 heavy (non-hydrogen) atoms. The third-order valence-corrected chi connectivity index (χ3v) is 5.00. The van der Waals surface area contributed by atoms with Gasteiger partial charge in [0.15, 0.2) is 0 Å². The number of phenolic OH excluding ortho intramolecular Hbond substituents is 1. The van der Waals surface area contributed by atoms with E-state index < -0.39 is 11.7 Å². The van der Waals surface area contributed by atoms with E-state index in [0.29, 0.717) is 25.0 Å². The standard InChI is InChI=1S/C11H10N4O.C10H7F3N2/c1-14-7-9(6-12-14)15-11-4-10(16)3-2-8(11)5-13-15;11-10(12,13)9-6(4-14)5-15-8-3-1-2-7(8)9/h2-7,16H,1H3;5H,1-3H2. The van der Waals surface area contributed by atoms with Crippen LogP contribution in [0.4, 0.5) is 13.2 Å². The lowest BCUT2D eigenvalue weighted by atomic mass is 10.0. The fraction of sp³-hybridized carbons (Fsp3) is 0.238. The van der Waals surface area contributed by atoms with Crippen molar-refractivity contribution in [2.75, 3.05) is 0 Å². The Kier molecular flexibility index (Phi) is 5.10. The van der Waals surface area contributed by atoms with Crippen LogP contribution < -0.4 is 0 Å². The Bertz CT molecular complexity index is 1300. The first-order chi connectivity index (χ1) is 14.8. The number of benzene rings is 1. The molecule has 3 aromatic heterocycles. The topological polar surface area (TPSA) is 92.5 Å². The minimum absolute atomic E-state index is 0.210. The van der Waals surface area contributed by atoms with Crippen molar-refractivity contribution in [1.82, 2.24) is 24.5 Å². The van der Waals surface area contributed by atoms with Gasteiger partial charge in [0.25, 0.3) is 0 Å². The van der Waals surface area contributed by atoms with E-state index >= 15 is 0 Å². The molecule has 0 amide bonds. The van der Waals surface area contributed by atoms with Gasteiger partial charge in [0.05, 0.1) is 35.2 Å². The molecule has 1 N–H and O–H groups in total. The summed E-state index contributed by atoms with van der Waals surface area (Å²) in [6.45, 7) is 0. The van der Waals surface area contributed by atoms with Crippen molar-refractivity contribution < 1.29 is 18.3 Å². The predicted molar refractivity (Wildman–Crippen MR) is 105 cm³/mol. The van der Waals surface area contributed by atoms with Gasteiger partial charge in [-0.15, -0.1) is 0 Å². The fourth-order valence-corrected chi connectivity index (χ4v) is 3.65. The summed E-state index contributed by atoms with van der Waals surface area (Å²) in [5.41, 5.74) is 1.29. The van der Waals surface area contributed by atoms with Crippen LogP contribution in [-0.4, -0.2) is 29.7 Å². The predicted octanol–water partition coefficient (Wildman–Crippen LogP) is 3.93. The average Bonchev–Trinajstić information content (AvgIpc) is 3.45. The van der Waals surface area contributed by atoms with Crippen molar-refractivity contribution in [3.05, 3.63) is 65.4 Å². The first kappa shape index (κ1) is 20.4. The molecule has 7 nitrogen and oxygen atoms in total. The van der Waals surface area contributed by atoms with Crippen molar-refractivity contribution in [2.45, 2.75) is 25.4 Å². The van der Waals surface area contributed by atoms with Crippen LogP contribution in [0, 0.1) is 11.3 Å². The summed E-state index contributed by atoms with van der Waals surface area (Å²) in [5, 5.41) is 27.4. The van der Waals surface area contributed by atoms with Crippen LogP contribution in [0.3, 0.4) is 0 Å². The average molecular weight is 426 g/mol. The number of aromatic hydroxyl groups is 1. The Morgan fingerprint density at radius 1 is 1.13 bits per heavy atom. The minimum Gasteiger partial charge on any atom is -0.508 e. The Morgan fingerprint density at radius 2 is 1.94 bits per heavy atom. The highest BCUT2D eigenvalue weighted by Gasteiger charge is 2.38. The molecule has 1 aliphatic rings. The largest absolute Gasteiger partial charge is 0.508 e. The van der Waals surface area contributed by atoms with E-state index in [-0.39, 0.29) is 16.9 Å². The number of pyridine rings is 1. The zero-order valence-corrected chi connectivity index (χ0v) is 16.4. The van der Waals surface area contributed by atoms with Gasteiger partial charge in [-0.25, -0.2) is 4.68 Å². The maximum Gasteiger partial charge on any atom is 0.418 e. The monoisotopic (exact) mass is 426 g/mol. The molecular formula is C21H17F3N6O. The summed E-state index contributed by atoms with van der Waals surface area (Å²) in [6.07, 6.45) is 3.56. The summed E-state index contributed by atoms with van der Waals surface area (Å²) in [5.74, 6) is 0.234. The van der Waals surface area contributed by atoms with Gasteiger partial charge >= 0.3 is 6.18 Å². The first-order valence-corrected chi connectivity index (χ1v) is 9.41. The molecule has 158 valence electrons. The number of halogens is 3. The van der Waals surface area contributed by atoms with Crippen LogP contribution >= 0.6 is 0 Å². The number of nitriles is 1. The normalized spacial score (nSPS) is 12.9. The Balaban J connectivity index is 0.000000150. The molecule has 3 heterocycles. The molecule has 4 aromatic rings. The van der Waals surface area contributed by atoms with E-state index in [2.05, 4.69) is 15.2 Å². The van der Waals surface area contributed by atoms with Gasteiger partial charge < -0.3 is 5.11 Å². The number of aromatic nitrogens is 5. The van der Waals surface area contributed by atoms with Crippen molar-refractivity contribution in [1.29, 1.82) is 5.26 Å². The highest BCUT2D eigenvalue weighted by molar-refractivity contribution is 5.81. The molecule has 1 aliphatic carbocycles. The molecule has 10 heteroatoms. The number of phenols is 1. The van der Waals surface area contributed by atoms with E-state index in [1.807, 2.05) is 19.3 Å².